The topological polar surface area (TPSA) is 49.0 Å². The quantitative estimate of drug-likeness (QED) is 0.516. The van der Waals surface area contributed by atoms with E-state index in [4.69, 9.17) is 9.47 Å². The average molecular weight is 367 g/mol. The molecule has 150 valence electrons. The predicted molar refractivity (Wildman–Crippen MR) is 104 cm³/mol. The van der Waals surface area contributed by atoms with Gasteiger partial charge >= 0.3 is 0 Å². The minimum absolute atomic E-state index is 0.690. The molecule has 6 saturated heterocycles. The fourth-order valence-electron chi connectivity index (χ4n) is 5.35. The number of ether oxygens (including phenoxy) is 2. The van der Waals surface area contributed by atoms with Crippen LogP contribution in [0, 0.1) is 11.8 Å². The molecule has 0 unspecified atom stereocenters. The fraction of sp³-hybridized carbons (Fsp3) is 1.00. The van der Waals surface area contributed by atoms with Gasteiger partial charge in [-0.25, -0.2) is 0 Å². The second kappa shape index (κ2) is 9.80. The van der Waals surface area contributed by atoms with Gasteiger partial charge in [0, 0.05) is 38.3 Å². The van der Waals surface area contributed by atoms with Crippen molar-refractivity contribution in [2.45, 2.75) is 37.8 Å². The molecule has 0 aromatic rings. The van der Waals surface area contributed by atoms with Gasteiger partial charge in [-0.15, -0.1) is 0 Å². The van der Waals surface area contributed by atoms with E-state index < -0.39 is 0 Å². The molecule has 6 fully saturated rings. The summed E-state index contributed by atoms with van der Waals surface area (Å²) in [6, 6.07) is 1.38. The lowest BCUT2D eigenvalue weighted by Gasteiger charge is -2.45. The maximum absolute atomic E-state index is 5.71. The highest BCUT2D eigenvalue weighted by molar-refractivity contribution is 4.91. The lowest BCUT2D eigenvalue weighted by atomic mass is 9.84. The highest BCUT2D eigenvalue weighted by Gasteiger charge is 2.34. The molecule has 6 heteroatoms. The molecule has 0 aliphatic carbocycles. The SMILES string of the molecule is C(COCCOCCN[C@@H]1CN2CCC1CC2)N[C@H]1CN2CCC1CC2. The Labute approximate surface area is 158 Å². The number of hydrogen-bond donors (Lipinski definition) is 2. The second-order valence-electron chi connectivity index (χ2n) is 8.62. The van der Waals surface area contributed by atoms with Crippen LogP contribution in [0.3, 0.4) is 0 Å². The Morgan fingerprint density at radius 3 is 1.38 bits per heavy atom. The molecule has 26 heavy (non-hydrogen) atoms. The van der Waals surface area contributed by atoms with Gasteiger partial charge in [-0.05, 0) is 63.7 Å². The van der Waals surface area contributed by atoms with Crippen molar-refractivity contribution in [3.05, 3.63) is 0 Å². The summed E-state index contributed by atoms with van der Waals surface area (Å²) in [5, 5.41) is 7.38. The Kier molecular flexibility index (Phi) is 7.20. The number of piperidine rings is 6. The van der Waals surface area contributed by atoms with Crippen molar-refractivity contribution < 1.29 is 9.47 Å². The molecule has 6 nitrogen and oxygen atoms in total. The Bertz CT molecular complexity index is 371. The average Bonchev–Trinajstić information content (AvgIpc) is 2.71. The molecule has 6 aliphatic heterocycles. The molecule has 6 heterocycles. The molecule has 0 amide bonds. The molecule has 0 spiro atoms. The molecule has 0 saturated carbocycles. The van der Waals surface area contributed by atoms with Gasteiger partial charge < -0.3 is 29.9 Å². The maximum Gasteiger partial charge on any atom is 0.0701 e. The van der Waals surface area contributed by atoms with Gasteiger partial charge in [-0.3, -0.25) is 0 Å². The predicted octanol–water partition coefficient (Wildman–Crippen LogP) is 0.387. The summed E-state index contributed by atoms with van der Waals surface area (Å²) in [5.41, 5.74) is 0. The number of hydrogen-bond acceptors (Lipinski definition) is 6. The van der Waals surface area contributed by atoms with Crippen molar-refractivity contribution in [3.63, 3.8) is 0 Å². The largest absolute Gasteiger partial charge is 0.378 e. The summed E-state index contributed by atoms with van der Waals surface area (Å²) < 4.78 is 11.4. The van der Waals surface area contributed by atoms with Gasteiger partial charge in [0.25, 0.3) is 0 Å². The van der Waals surface area contributed by atoms with Gasteiger partial charge in [-0.2, -0.15) is 0 Å². The van der Waals surface area contributed by atoms with E-state index in [0.717, 1.165) is 38.1 Å². The van der Waals surface area contributed by atoms with Crippen molar-refractivity contribution in [3.8, 4) is 0 Å². The zero-order valence-corrected chi connectivity index (χ0v) is 16.3. The zero-order chi connectivity index (χ0) is 17.6. The standard InChI is InChI=1S/C20H38N4O2/c1-7-23-8-2-17(1)19(15-23)21-5-11-25-13-14-26-12-6-22-20-16-24-9-3-18(20)4-10-24/h17-22H,1-16H2/t19-,20+. The van der Waals surface area contributed by atoms with E-state index in [-0.39, 0.29) is 0 Å². The van der Waals surface area contributed by atoms with Crippen molar-refractivity contribution >= 4 is 0 Å². The first-order chi connectivity index (χ1) is 12.9. The summed E-state index contributed by atoms with van der Waals surface area (Å²) >= 11 is 0. The van der Waals surface area contributed by atoms with Crippen molar-refractivity contribution in [2.24, 2.45) is 11.8 Å². The summed E-state index contributed by atoms with van der Waals surface area (Å²) in [5.74, 6) is 1.79. The Morgan fingerprint density at radius 1 is 0.615 bits per heavy atom. The van der Waals surface area contributed by atoms with Gasteiger partial charge in [0.1, 0.15) is 0 Å². The molecule has 0 aromatic heterocycles. The van der Waals surface area contributed by atoms with Gasteiger partial charge in [-0.1, -0.05) is 0 Å². The van der Waals surface area contributed by atoms with Crippen LogP contribution in [-0.2, 0) is 9.47 Å². The van der Waals surface area contributed by atoms with E-state index in [1.165, 1.54) is 65.0 Å². The van der Waals surface area contributed by atoms with Crippen LogP contribution in [0.4, 0.5) is 0 Å². The third-order valence-electron chi connectivity index (χ3n) is 6.99. The number of nitrogens with one attached hydrogen (secondary N) is 2. The lowest BCUT2D eigenvalue weighted by Crippen LogP contribution is -2.56. The van der Waals surface area contributed by atoms with Crippen LogP contribution >= 0.6 is 0 Å². The summed E-state index contributed by atoms with van der Waals surface area (Å²) in [4.78, 5) is 5.19. The van der Waals surface area contributed by atoms with Crippen LogP contribution in [0.5, 0.6) is 0 Å². The first-order valence-corrected chi connectivity index (χ1v) is 11.0. The van der Waals surface area contributed by atoms with E-state index in [2.05, 4.69) is 20.4 Å². The first kappa shape index (κ1) is 19.1. The van der Waals surface area contributed by atoms with Gasteiger partial charge in [0.15, 0.2) is 0 Å². The number of fused-ring (bicyclic) bond motifs is 6. The molecule has 0 aromatic carbocycles. The third-order valence-corrected chi connectivity index (χ3v) is 6.99. The van der Waals surface area contributed by atoms with E-state index >= 15 is 0 Å². The zero-order valence-electron chi connectivity index (χ0n) is 16.3. The first-order valence-electron chi connectivity index (χ1n) is 11.0. The summed E-state index contributed by atoms with van der Waals surface area (Å²) in [6.07, 6.45) is 5.50. The highest BCUT2D eigenvalue weighted by Crippen LogP contribution is 2.28. The molecule has 6 rings (SSSR count). The van der Waals surface area contributed by atoms with Gasteiger partial charge in [0.2, 0.25) is 0 Å². The smallest absolute Gasteiger partial charge is 0.0701 e. The van der Waals surface area contributed by atoms with E-state index in [1.807, 2.05) is 0 Å². The van der Waals surface area contributed by atoms with Crippen LogP contribution in [0.1, 0.15) is 25.7 Å². The van der Waals surface area contributed by atoms with E-state index in [9.17, 15) is 0 Å². The Balaban J connectivity index is 0.946. The van der Waals surface area contributed by atoms with Crippen molar-refractivity contribution in [1.29, 1.82) is 0 Å². The van der Waals surface area contributed by atoms with Crippen LogP contribution in [0.15, 0.2) is 0 Å². The van der Waals surface area contributed by atoms with Crippen LogP contribution in [0.2, 0.25) is 0 Å². The molecule has 6 aliphatic rings. The number of rotatable bonds is 11. The number of nitrogens with zero attached hydrogens (tertiary/aromatic N) is 2. The minimum atomic E-state index is 0.690. The molecular weight excluding hydrogens is 328 g/mol. The van der Waals surface area contributed by atoms with Crippen LogP contribution in [0.25, 0.3) is 0 Å². The molecule has 0 radical (unpaired) electrons. The minimum Gasteiger partial charge on any atom is -0.378 e. The lowest BCUT2D eigenvalue weighted by molar-refractivity contribution is 0.0354. The second-order valence-corrected chi connectivity index (χ2v) is 8.62. The van der Waals surface area contributed by atoms with Crippen LogP contribution < -0.4 is 10.6 Å². The highest BCUT2D eigenvalue weighted by atomic mass is 16.5. The fourth-order valence-corrected chi connectivity index (χ4v) is 5.35. The molecule has 2 atom stereocenters. The maximum atomic E-state index is 5.71. The van der Waals surface area contributed by atoms with Gasteiger partial charge in [0.05, 0.1) is 26.4 Å². The molecule has 2 N–H and O–H groups in total. The van der Waals surface area contributed by atoms with E-state index in [1.54, 1.807) is 0 Å². The van der Waals surface area contributed by atoms with Crippen molar-refractivity contribution in [1.82, 2.24) is 20.4 Å². The summed E-state index contributed by atoms with van der Waals surface area (Å²) in [7, 11) is 0. The van der Waals surface area contributed by atoms with Crippen molar-refractivity contribution in [2.75, 3.05) is 78.8 Å². The third kappa shape index (κ3) is 5.18. The van der Waals surface area contributed by atoms with E-state index in [0.29, 0.717) is 25.3 Å². The monoisotopic (exact) mass is 366 g/mol. The Hall–Kier alpha value is -0.240. The Morgan fingerprint density at radius 2 is 1.04 bits per heavy atom. The summed E-state index contributed by atoms with van der Waals surface area (Å²) in [6.45, 7) is 12.7. The van der Waals surface area contributed by atoms with Crippen LogP contribution in [-0.4, -0.2) is 101 Å². The molecular formula is C20H38N4O2. The normalized spacial score (nSPS) is 38.8. The molecule has 4 bridgehead atoms.